The number of H-pyrrole nitrogens is 1. The number of hydrogen-bond acceptors (Lipinski definition) is 5. The zero-order chi connectivity index (χ0) is 14.7. The third-order valence-corrected chi connectivity index (χ3v) is 4.39. The molecule has 0 amide bonds. The Morgan fingerprint density at radius 3 is 3.24 bits per heavy atom. The van der Waals surface area contributed by atoms with Crippen molar-refractivity contribution in [1.82, 2.24) is 25.5 Å². The van der Waals surface area contributed by atoms with Gasteiger partial charge in [-0.3, -0.25) is 10.1 Å². The summed E-state index contributed by atoms with van der Waals surface area (Å²) in [4.78, 5) is 11.2. The van der Waals surface area contributed by atoms with Gasteiger partial charge in [-0.25, -0.2) is 0 Å². The van der Waals surface area contributed by atoms with Gasteiger partial charge in [0.1, 0.15) is 5.69 Å². The number of pyridine rings is 1. The molecule has 1 saturated heterocycles. The van der Waals surface area contributed by atoms with Gasteiger partial charge in [-0.05, 0) is 60.4 Å². The Morgan fingerprint density at radius 2 is 2.43 bits per heavy atom. The molecule has 3 heterocycles. The van der Waals surface area contributed by atoms with Crippen LogP contribution in [0.25, 0.3) is 11.5 Å². The molecule has 0 bridgehead atoms. The summed E-state index contributed by atoms with van der Waals surface area (Å²) in [6, 6.07) is 3.84. The molecule has 1 aliphatic rings. The molecule has 1 unspecified atom stereocenters. The molecule has 1 fully saturated rings. The molecule has 7 heteroatoms. The van der Waals surface area contributed by atoms with Crippen molar-refractivity contribution in [2.24, 2.45) is 5.92 Å². The molecule has 2 aromatic heterocycles. The molecule has 2 N–H and O–H groups in total. The maximum absolute atomic E-state index is 4.61. The van der Waals surface area contributed by atoms with E-state index in [2.05, 4.69) is 46.3 Å². The van der Waals surface area contributed by atoms with Crippen molar-refractivity contribution in [1.29, 1.82) is 0 Å². The van der Waals surface area contributed by atoms with E-state index >= 15 is 0 Å². The summed E-state index contributed by atoms with van der Waals surface area (Å²) in [5, 5.41) is 10.6. The number of piperidine rings is 1. The van der Waals surface area contributed by atoms with Crippen LogP contribution < -0.4 is 10.2 Å². The predicted octanol–water partition coefficient (Wildman–Crippen LogP) is 2.06. The number of nitrogens with one attached hydrogen (secondary N) is 2. The molecular weight excluding hydrogens is 332 g/mol. The number of aromatic amines is 1. The largest absolute Gasteiger partial charge is 0.339 e. The Bertz CT molecular complexity index is 597. The highest BCUT2D eigenvalue weighted by Crippen LogP contribution is 2.25. The van der Waals surface area contributed by atoms with Crippen molar-refractivity contribution in [2.45, 2.75) is 12.8 Å². The van der Waals surface area contributed by atoms with Crippen molar-refractivity contribution in [3.8, 4) is 11.5 Å². The van der Waals surface area contributed by atoms with Crippen LogP contribution in [-0.2, 0) is 0 Å². The Morgan fingerprint density at radius 1 is 1.52 bits per heavy atom. The van der Waals surface area contributed by atoms with Crippen LogP contribution in [0.3, 0.4) is 0 Å². The zero-order valence-corrected chi connectivity index (χ0v) is 13.6. The lowest BCUT2D eigenvalue weighted by atomic mass is 9.98. The topological polar surface area (TPSA) is 69.7 Å². The van der Waals surface area contributed by atoms with Crippen molar-refractivity contribution < 1.29 is 0 Å². The maximum Gasteiger partial charge on any atom is 0.245 e. The predicted molar refractivity (Wildman–Crippen MR) is 86.2 cm³/mol. The van der Waals surface area contributed by atoms with Gasteiger partial charge in [0, 0.05) is 23.8 Å². The summed E-state index contributed by atoms with van der Waals surface area (Å²) in [5.41, 5.74) is 0.792. The van der Waals surface area contributed by atoms with E-state index in [1.165, 1.54) is 12.8 Å². The fourth-order valence-electron chi connectivity index (χ4n) is 2.76. The lowest BCUT2D eigenvalue weighted by Gasteiger charge is -2.31. The van der Waals surface area contributed by atoms with Crippen LogP contribution >= 0.6 is 15.9 Å². The Hall–Kier alpha value is -1.47. The second-order valence-corrected chi connectivity index (χ2v) is 6.18. The fourth-order valence-corrected chi connectivity index (χ4v) is 3.20. The van der Waals surface area contributed by atoms with E-state index in [0.717, 1.165) is 35.7 Å². The van der Waals surface area contributed by atoms with Crippen LogP contribution in [0.2, 0.25) is 0 Å². The lowest BCUT2D eigenvalue weighted by Crippen LogP contribution is -2.39. The number of anilines is 1. The fraction of sp³-hybridized carbons (Fsp3) is 0.500. The van der Waals surface area contributed by atoms with Crippen molar-refractivity contribution in [2.75, 3.05) is 31.6 Å². The Kier molecular flexibility index (Phi) is 4.50. The highest BCUT2D eigenvalue weighted by molar-refractivity contribution is 9.10. The van der Waals surface area contributed by atoms with Gasteiger partial charge in [0.25, 0.3) is 0 Å². The van der Waals surface area contributed by atoms with E-state index < -0.39 is 0 Å². The van der Waals surface area contributed by atoms with Gasteiger partial charge in [-0.1, -0.05) is 0 Å². The minimum Gasteiger partial charge on any atom is -0.339 e. The first-order valence-corrected chi connectivity index (χ1v) is 8.00. The van der Waals surface area contributed by atoms with Gasteiger partial charge in [0.05, 0.1) is 0 Å². The van der Waals surface area contributed by atoms with Crippen LogP contribution in [-0.4, -0.2) is 46.8 Å². The average molecular weight is 351 g/mol. The molecule has 0 aromatic carbocycles. The van der Waals surface area contributed by atoms with Crippen LogP contribution in [0, 0.1) is 5.92 Å². The molecular formula is C14H19BrN6. The summed E-state index contributed by atoms with van der Waals surface area (Å²) in [5.74, 6) is 2.13. The third kappa shape index (κ3) is 3.24. The van der Waals surface area contributed by atoms with Gasteiger partial charge in [-0.15, -0.1) is 5.10 Å². The van der Waals surface area contributed by atoms with Crippen LogP contribution in [0.15, 0.2) is 22.8 Å². The van der Waals surface area contributed by atoms with Crippen molar-refractivity contribution >= 4 is 21.9 Å². The van der Waals surface area contributed by atoms with E-state index in [1.54, 1.807) is 6.20 Å². The molecule has 3 rings (SSSR count). The monoisotopic (exact) mass is 350 g/mol. The molecule has 1 aliphatic heterocycles. The molecule has 0 spiro atoms. The standard InChI is InChI=1S/C14H19BrN6/c1-16-8-10-4-3-7-21(9-10)14-18-13(19-20-14)12-11(15)5-2-6-17-12/h2,5-6,10,16H,3-4,7-9H2,1H3,(H,18,19,20). The average Bonchev–Trinajstić information content (AvgIpc) is 2.98. The van der Waals surface area contributed by atoms with Crippen LogP contribution in [0.4, 0.5) is 5.95 Å². The van der Waals surface area contributed by atoms with Gasteiger partial charge in [-0.2, -0.15) is 4.98 Å². The molecule has 2 aromatic rings. The first kappa shape index (κ1) is 14.5. The minimum atomic E-state index is 0.660. The molecule has 0 radical (unpaired) electrons. The molecule has 21 heavy (non-hydrogen) atoms. The van der Waals surface area contributed by atoms with Gasteiger partial charge in [0.15, 0.2) is 5.82 Å². The zero-order valence-electron chi connectivity index (χ0n) is 12.0. The molecule has 6 nitrogen and oxygen atoms in total. The SMILES string of the molecule is CNCC1CCCN(c2n[nH]c(-c3ncccc3Br)n2)C1. The van der Waals surface area contributed by atoms with E-state index in [0.29, 0.717) is 11.7 Å². The van der Waals surface area contributed by atoms with Crippen molar-refractivity contribution in [3.05, 3.63) is 22.8 Å². The summed E-state index contributed by atoms with van der Waals surface area (Å²) in [7, 11) is 2.00. The number of nitrogens with zero attached hydrogens (tertiary/aromatic N) is 4. The Balaban J connectivity index is 1.77. The lowest BCUT2D eigenvalue weighted by molar-refractivity contribution is 0.399. The van der Waals surface area contributed by atoms with Gasteiger partial charge in [0.2, 0.25) is 5.95 Å². The maximum atomic E-state index is 4.61. The summed E-state index contributed by atoms with van der Waals surface area (Å²) in [6.07, 6.45) is 4.20. The number of aromatic nitrogens is 4. The van der Waals surface area contributed by atoms with Crippen LogP contribution in [0.5, 0.6) is 0 Å². The van der Waals surface area contributed by atoms with E-state index in [-0.39, 0.29) is 0 Å². The molecule has 1 atom stereocenters. The van der Waals surface area contributed by atoms with E-state index in [1.807, 2.05) is 19.2 Å². The first-order chi connectivity index (χ1) is 10.3. The summed E-state index contributed by atoms with van der Waals surface area (Å²) < 4.78 is 0.916. The third-order valence-electron chi connectivity index (χ3n) is 3.75. The second-order valence-electron chi connectivity index (χ2n) is 5.33. The van der Waals surface area contributed by atoms with Crippen LogP contribution in [0.1, 0.15) is 12.8 Å². The normalized spacial score (nSPS) is 19.0. The number of rotatable bonds is 4. The molecule has 0 aliphatic carbocycles. The highest BCUT2D eigenvalue weighted by atomic mass is 79.9. The van der Waals surface area contributed by atoms with E-state index in [4.69, 9.17) is 0 Å². The summed E-state index contributed by atoms with van der Waals surface area (Å²) >= 11 is 3.50. The highest BCUT2D eigenvalue weighted by Gasteiger charge is 2.22. The van der Waals surface area contributed by atoms with Gasteiger partial charge < -0.3 is 10.2 Å². The quantitative estimate of drug-likeness (QED) is 0.883. The smallest absolute Gasteiger partial charge is 0.245 e. The first-order valence-electron chi connectivity index (χ1n) is 7.20. The summed E-state index contributed by atoms with van der Waals surface area (Å²) in [6.45, 7) is 3.06. The van der Waals surface area contributed by atoms with Gasteiger partial charge >= 0.3 is 0 Å². The Labute approximate surface area is 132 Å². The number of hydrogen-bond donors (Lipinski definition) is 2. The van der Waals surface area contributed by atoms with E-state index in [9.17, 15) is 0 Å². The minimum absolute atomic E-state index is 0.660. The molecule has 0 saturated carbocycles. The van der Waals surface area contributed by atoms with Crippen molar-refractivity contribution in [3.63, 3.8) is 0 Å². The molecule has 112 valence electrons. The number of halogens is 1. The second kappa shape index (κ2) is 6.53.